The smallest absolute Gasteiger partial charge is 0.321 e. The molecule has 2 fully saturated rings. The molecule has 0 spiro atoms. The first kappa shape index (κ1) is 17.6. The molecule has 1 unspecified atom stereocenters. The molecule has 2 saturated carbocycles. The fourth-order valence-corrected chi connectivity index (χ4v) is 4.03. The molecule has 25 heavy (non-hydrogen) atoms. The van der Waals surface area contributed by atoms with Crippen molar-refractivity contribution in [3.8, 4) is 11.5 Å². The summed E-state index contributed by atoms with van der Waals surface area (Å²) in [5.41, 5.74) is -0.768. The number of methoxy groups -OCH3 is 1. The van der Waals surface area contributed by atoms with Crippen molar-refractivity contribution in [3.05, 3.63) is 23.8 Å². The number of carboxylic acid groups (broad SMARTS) is 2. The van der Waals surface area contributed by atoms with E-state index in [-0.39, 0.29) is 24.9 Å². The molecule has 2 aliphatic rings. The Morgan fingerprint density at radius 1 is 1.08 bits per heavy atom. The highest BCUT2D eigenvalue weighted by Gasteiger charge is 2.52. The van der Waals surface area contributed by atoms with Gasteiger partial charge in [-0.2, -0.15) is 0 Å². The molecule has 2 aliphatic carbocycles. The summed E-state index contributed by atoms with van der Waals surface area (Å²) >= 11 is 0. The highest BCUT2D eigenvalue weighted by Crippen LogP contribution is 2.48. The van der Waals surface area contributed by atoms with Gasteiger partial charge in [0, 0.05) is 0 Å². The van der Waals surface area contributed by atoms with Crippen LogP contribution in [0.4, 0.5) is 0 Å². The summed E-state index contributed by atoms with van der Waals surface area (Å²) < 4.78 is 11.5. The van der Waals surface area contributed by atoms with Crippen LogP contribution in [0.5, 0.6) is 11.5 Å². The number of rotatable bonds is 6. The minimum atomic E-state index is -1.68. The maximum atomic E-state index is 11.5. The third-order valence-electron chi connectivity index (χ3n) is 5.59. The fraction of sp³-hybridized carbons (Fsp3) is 0.579. The summed E-state index contributed by atoms with van der Waals surface area (Å²) in [7, 11) is 1.59. The lowest BCUT2D eigenvalue weighted by Crippen LogP contribution is -2.36. The van der Waals surface area contributed by atoms with Gasteiger partial charge in [-0.05, 0) is 68.6 Å². The molecule has 1 atom stereocenters. The lowest BCUT2D eigenvalue weighted by atomic mass is 9.84. The first-order chi connectivity index (χ1) is 12.0. The minimum absolute atomic E-state index is 0.104. The average molecular weight is 348 g/mol. The summed E-state index contributed by atoms with van der Waals surface area (Å²) in [5, 5.41) is 18.8. The summed E-state index contributed by atoms with van der Waals surface area (Å²) in [6.07, 6.45) is 5.35. The van der Waals surface area contributed by atoms with Gasteiger partial charge in [0.2, 0.25) is 0 Å². The van der Waals surface area contributed by atoms with Crippen LogP contribution in [0.2, 0.25) is 0 Å². The van der Waals surface area contributed by atoms with E-state index in [4.69, 9.17) is 9.47 Å². The molecule has 6 nitrogen and oxygen atoms in total. The zero-order chi connectivity index (χ0) is 18.0. The van der Waals surface area contributed by atoms with Gasteiger partial charge in [0.15, 0.2) is 16.9 Å². The van der Waals surface area contributed by atoms with E-state index in [9.17, 15) is 19.8 Å². The van der Waals surface area contributed by atoms with E-state index in [2.05, 4.69) is 0 Å². The van der Waals surface area contributed by atoms with Crippen LogP contribution in [0.15, 0.2) is 18.2 Å². The van der Waals surface area contributed by atoms with E-state index < -0.39 is 17.4 Å². The Bertz CT molecular complexity index is 648. The van der Waals surface area contributed by atoms with Crippen LogP contribution in [0, 0.1) is 5.41 Å². The van der Waals surface area contributed by atoms with Crippen LogP contribution in [0.1, 0.15) is 56.4 Å². The molecule has 0 aliphatic heterocycles. The second-order valence-electron chi connectivity index (χ2n) is 7.07. The Kier molecular flexibility index (Phi) is 4.88. The van der Waals surface area contributed by atoms with Gasteiger partial charge in [-0.15, -0.1) is 0 Å². The molecular weight excluding hydrogens is 324 g/mol. The van der Waals surface area contributed by atoms with Crippen LogP contribution in [-0.4, -0.2) is 35.4 Å². The van der Waals surface area contributed by atoms with E-state index >= 15 is 0 Å². The van der Waals surface area contributed by atoms with Crippen molar-refractivity contribution in [1.29, 1.82) is 0 Å². The van der Waals surface area contributed by atoms with Crippen molar-refractivity contribution in [3.63, 3.8) is 0 Å². The Morgan fingerprint density at radius 2 is 1.76 bits per heavy atom. The molecule has 0 saturated heterocycles. The zero-order valence-electron chi connectivity index (χ0n) is 14.4. The lowest BCUT2D eigenvalue weighted by Gasteiger charge is -2.20. The van der Waals surface area contributed by atoms with E-state index in [0.717, 1.165) is 31.2 Å². The number of carbonyl (C=O) groups is 2. The van der Waals surface area contributed by atoms with Crippen LogP contribution in [0.3, 0.4) is 0 Å². The van der Waals surface area contributed by atoms with Crippen molar-refractivity contribution < 1.29 is 29.3 Å². The van der Waals surface area contributed by atoms with Crippen LogP contribution in [-0.2, 0) is 9.59 Å². The van der Waals surface area contributed by atoms with E-state index in [0.29, 0.717) is 17.9 Å². The minimum Gasteiger partial charge on any atom is -0.493 e. The molecular formula is C19H24O6. The van der Waals surface area contributed by atoms with Gasteiger partial charge in [0.1, 0.15) is 0 Å². The van der Waals surface area contributed by atoms with Crippen molar-refractivity contribution >= 4 is 11.9 Å². The van der Waals surface area contributed by atoms with Gasteiger partial charge in [-0.3, -0.25) is 9.59 Å². The van der Waals surface area contributed by atoms with Gasteiger partial charge in [0.25, 0.3) is 0 Å². The van der Waals surface area contributed by atoms with Crippen molar-refractivity contribution in [2.45, 2.75) is 57.0 Å². The second kappa shape index (κ2) is 6.94. The number of hydrogen-bond donors (Lipinski definition) is 2. The normalized spacial score (nSPS) is 22.7. The van der Waals surface area contributed by atoms with Gasteiger partial charge < -0.3 is 19.7 Å². The van der Waals surface area contributed by atoms with E-state index in [1.807, 2.05) is 18.2 Å². The third kappa shape index (κ3) is 3.30. The highest BCUT2D eigenvalue weighted by molar-refractivity contribution is 5.98. The van der Waals surface area contributed by atoms with Gasteiger partial charge in [-0.25, -0.2) is 0 Å². The van der Waals surface area contributed by atoms with Crippen LogP contribution >= 0.6 is 0 Å². The molecule has 3 rings (SSSR count). The predicted octanol–water partition coefficient (Wildman–Crippen LogP) is 3.44. The van der Waals surface area contributed by atoms with Crippen LogP contribution < -0.4 is 9.47 Å². The average Bonchev–Trinajstić information content (AvgIpc) is 3.25. The molecule has 0 amide bonds. The summed E-state index contributed by atoms with van der Waals surface area (Å²) in [5.74, 6) is -1.30. The lowest BCUT2D eigenvalue weighted by molar-refractivity contribution is -0.164. The number of ether oxygens (including phenoxy) is 2. The molecule has 0 heterocycles. The van der Waals surface area contributed by atoms with Crippen molar-refractivity contribution in [1.82, 2.24) is 0 Å². The first-order valence-corrected chi connectivity index (χ1v) is 8.77. The quantitative estimate of drug-likeness (QED) is 0.765. The molecule has 1 aromatic rings. The maximum absolute atomic E-state index is 11.5. The van der Waals surface area contributed by atoms with Gasteiger partial charge in [-0.1, -0.05) is 6.07 Å². The molecule has 2 N–H and O–H groups in total. The summed E-state index contributed by atoms with van der Waals surface area (Å²) in [6.45, 7) is 0. The fourth-order valence-electron chi connectivity index (χ4n) is 4.03. The molecule has 1 aromatic carbocycles. The SMILES string of the molecule is COc1ccc(C2CCC(C(=O)O)(C(=O)O)C2)cc1OC1CCCC1. The Hall–Kier alpha value is -2.24. The number of aliphatic carboxylic acids is 2. The number of hydrogen-bond acceptors (Lipinski definition) is 4. The molecule has 0 bridgehead atoms. The second-order valence-corrected chi connectivity index (χ2v) is 7.07. The largest absolute Gasteiger partial charge is 0.493 e. The first-order valence-electron chi connectivity index (χ1n) is 8.77. The van der Waals surface area contributed by atoms with Crippen molar-refractivity contribution in [2.24, 2.45) is 5.41 Å². The molecule has 0 radical (unpaired) electrons. The molecule has 0 aromatic heterocycles. The topological polar surface area (TPSA) is 93.1 Å². The maximum Gasteiger partial charge on any atom is 0.321 e. The summed E-state index contributed by atoms with van der Waals surface area (Å²) in [6, 6.07) is 5.59. The highest BCUT2D eigenvalue weighted by atomic mass is 16.5. The Morgan fingerprint density at radius 3 is 2.32 bits per heavy atom. The monoisotopic (exact) mass is 348 g/mol. The standard InChI is InChI=1S/C19H24O6/c1-24-15-7-6-12(10-16(15)25-14-4-2-3-5-14)13-8-9-19(11-13,17(20)21)18(22)23/h6-7,10,13-14H,2-5,8-9,11H2,1H3,(H,20,21)(H,22,23). The third-order valence-corrected chi connectivity index (χ3v) is 5.59. The molecule has 136 valence electrons. The van der Waals surface area contributed by atoms with Crippen molar-refractivity contribution in [2.75, 3.05) is 7.11 Å². The zero-order valence-corrected chi connectivity index (χ0v) is 14.4. The predicted molar refractivity (Wildman–Crippen MR) is 90.2 cm³/mol. The van der Waals surface area contributed by atoms with E-state index in [1.54, 1.807) is 7.11 Å². The molecule has 6 heteroatoms. The Balaban J connectivity index is 1.83. The summed E-state index contributed by atoms with van der Waals surface area (Å²) in [4.78, 5) is 23.0. The van der Waals surface area contributed by atoms with Gasteiger partial charge >= 0.3 is 11.9 Å². The number of benzene rings is 1. The Labute approximate surface area is 146 Å². The van der Waals surface area contributed by atoms with Crippen LogP contribution in [0.25, 0.3) is 0 Å². The van der Waals surface area contributed by atoms with Gasteiger partial charge in [0.05, 0.1) is 13.2 Å². The van der Waals surface area contributed by atoms with E-state index in [1.165, 1.54) is 0 Å². The number of carboxylic acids is 2.